The summed E-state index contributed by atoms with van der Waals surface area (Å²) in [4.78, 5) is 24.6. The lowest BCUT2D eigenvalue weighted by atomic mass is 9.79. The lowest BCUT2D eigenvalue weighted by Crippen LogP contribution is -2.46. The molecular formula is C22H26N2O6. The van der Waals surface area contributed by atoms with Crippen molar-refractivity contribution in [2.75, 3.05) is 33.2 Å². The van der Waals surface area contributed by atoms with Crippen molar-refractivity contribution in [3.05, 3.63) is 47.5 Å². The average molecular weight is 414 g/mol. The maximum atomic E-state index is 12.3. The fourth-order valence-corrected chi connectivity index (χ4v) is 3.66. The molecule has 2 amide bonds. The summed E-state index contributed by atoms with van der Waals surface area (Å²) in [6.45, 7) is -0.0650. The molecule has 8 nitrogen and oxygen atoms in total. The predicted molar refractivity (Wildman–Crippen MR) is 111 cm³/mol. The number of anilines is 1. The number of hydrogen-bond donors (Lipinski definition) is 3. The second kappa shape index (κ2) is 9.04. The van der Waals surface area contributed by atoms with E-state index in [1.807, 2.05) is 12.1 Å². The van der Waals surface area contributed by atoms with Crippen LogP contribution in [0.2, 0.25) is 0 Å². The van der Waals surface area contributed by atoms with Crippen molar-refractivity contribution in [2.45, 2.75) is 24.9 Å². The molecule has 160 valence electrons. The molecule has 1 aliphatic carbocycles. The van der Waals surface area contributed by atoms with Gasteiger partial charge in [0.05, 0.1) is 27.9 Å². The number of fused-ring (bicyclic) bond motifs is 1. The molecule has 0 fully saturated rings. The monoisotopic (exact) mass is 414 g/mol. The summed E-state index contributed by atoms with van der Waals surface area (Å²) in [5, 5.41) is 16.2. The smallest absolute Gasteiger partial charge is 0.313 e. The molecule has 1 aliphatic rings. The molecule has 0 saturated carbocycles. The standard InChI is InChI=1S/C22H26N2O6/c1-28-16-7-8-17-14(11-16)5-4-10-22(17,27)13-23-20(25)21(26)24-15-6-9-18(29-2)19(12-15)30-3/h6-9,11-12,27H,4-5,10,13H2,1-3H3,(H,23,25)(H,24,26). The second-order valence-electron chi connectivity index (χ2n) is 7.11. The lowest BCUT2D eigenvalue weighted by molar-refractivity contribution is -0.137. The van der Waals surface area contributed by atoms with Crippen LogP contribution in [0.5, 0.6) is 17.2 Å². The number of aliphatic hydroxyl groups is 1. The summed E-state index contributed by atoms with van der Waals surface area (Å²) in [5.41, 5.74) is 0.878. The van der Waals surface area contributed by atoms with Gasteiger partial charge in [-0.25, -0.2) is 0 Å². The van der Waals surface area contributed by atoms with E-state index in [9.17, 15) is 14.7 Å². The van der Waals surface area contributed by atoms with Gasteiger partial charge in [-0.1, -0.05) is 6.07 Å². The van der Waals surface area contributed by atoms with Crippen molar-refractivity contribution in [1.29, 1.82) is 0 Å². The molecule has 0 saturated heterocycles. The third kappa shape index (κ3) is 4.49. The zero-order valence-corrected chi connectivity index (χ0v) is 17.3. The van der Waals surface area contributed by atoms with Crippen molar-refractivity contribution in [1.82, 2.24) is 5.32 Å². The highest BCUT2D eigenvalue weighted by Gasteiger charge is 2.35. The van der Waals surface area contributed by atoms with Crippen LogP contribution in [0, 0.1) is 0 Å². The van der Waals surface area contributed by atoms with E-state index in [-0.39, 0.29) is 6.54 Å². The first-order chi connectivity index (χ1) is 14.4. The van der Waals surface area contributed by atoms with Crippen molar-refractivity contribution < 1.29 is 28.9 Å². The third-order valence-corrected chi connectivity index (χ3v) is 5.24. The summed E-state index contributed by atoms with van der Waals surface area (Å²) in [6, 6.07) is 10.3. The minimum atomic E-state index is -1.24. The largest absolute Gasteiger partial charge is 0.497 e. The molecular weight excluding hydrogens is 388 g/mol. The summed E-state index contributed by atoms with van der Waals surface area (Å²) >= 11 is 0. The number of rotatable bonds is 6. The molecule has 3 rings (SSSR count). The summed E-state index contributed by atoms with van der Waals surface area (Å²) in [5.74, 6) is -0.0132. The van der Waals surface area contributed by atoms with Gasteiger partial charge in [-0.2, -0.15) is 0 Å². The molecule has 0 bridgehead atoms. The van der Waals surface area contributed by atoms with Crippen molar-refractivity contribution >= 4 is 17.5 Å². The van der Waals surface area contributed by atoms with Gasteiger partial charge in [0.15, 0.2) is 11.5 Å². The van der Waals surface area contributed by atoms with E-state index in [4.69, 9.17) is 14.2 Å². The first-order valence-electron chi connectivity index (χ1n) is 9.61. The van der Waals surface area contributed by atoms with Crippen molar-refractivity contribution in [3.63, 3.8) is 0 Å². The van der Waals surface area contributed by atoms with Gasteiger partial charge in [-0.15, -0.1) is 0 Å². The Balaban J connectivity index is 1.65. The van der Waals surface area contributed by atoms with Crippen molar-refractivity contribution in [2.24, 2.45) is 0 Å². The van der Waals surface area contributed by atoms with Crippen LogP contribution in [0.1, 0.15) is 24.0 Å². The van der Waals surface area contributed by atoms with Crippen LogP contribution in [0.4, 0.5) is 5.69 Å². The summed E-state index contributed by atoms with van der Waals surface area (Å²) in [6.07, 6.45) is 2.08. The molecule has 2 aromatic rings. The number of amides is 2. The van der Waals surface area contributed by atoms with E-state index in [1.54, 1.807) is 31.4 Å². The SMILES string of the molecule is COc1ccc2c(c1)CCCC2(O)CNC(=O)C(=O)Nc1ccc(OC)c(OC)c1. The number of ether oxygens (including phenoxy) is 3. The normalized spacial score (nSPS) is 17.5. The molecule has 2 aromatic carbocycles. The Morgan fingerprint density at radius 3 is 2.47 bits per heavy atom. The van der Waals surface area contributed by atoms with Gasteiger partial charge in [0.1, 0.15) is 11.4 Å². The average Bonchev–Trinajstić information content (AvgIpc) is 2.77. The lowest BCUT2D eigenvalue weighted by Gasteiger charge is -2.34. The van der Waals surface area contributed by atoms with Crippen LogP contribution >= 0.6 is 0 Å². The van der Waals surface area contributed by atoms with E-state index in [0.29, 0.717) is 23.6 Å². The van der Waals surface area contributed by atoms with E-state index < -0.39 is 17.4 Å². The number of methoxy groups -OCH3 is 3. The number of hydrogen-bond acceptors (Lipinski definition) is 6. The first kappa shape index (κ1) is 21.4. The Hall–Kier alpha value is -3.26. The number of nitrogens with one attached hydrogen (secondary N) is 2. The number of carbonyl (C=O) groups is 2. The van der Waals surface area contributed by atoms with Crippen LogP contribution in [0.3, 0.4) is 0 Å². The Morgan fingerprint density at radius 1 is 1.00 bits per heavy atom. The molecule has 0 aliphatic heterocycles. The molecule has 1 unspecified atom stereocenters. The molecule has 0 spiro atoms. The topological polar surface area (TPSA) is 106 Å². The van der Waals surface area contributed by atoms with Gasteiger partial charge in [0.2, 0.25) is 0 Å². The summed E-state index contributed by atoms with van der Waals surface area (Å²) < 4.78 is 15.6. The third-order valence-electron chi connectivity index (χ3n) is 5.24. The van der Waals surface area contributed by atoms with Gasteiger partial charge >= 0.3 is 11.8 Å². The van der Waals surface area contributed by atoms with E-state index >= 15 is 0 Å². The fourth-order valence-electron chi connectivity index (χ4n) is 3.66. The van der Waals surface area contributed by atoms with Gasteiger partial charge in [0.25, 0.3) is 0 Å². The maximum absolute atomic E-state index is 12.3. The Kier molecular flexibility index (Phi) is 6.47. The number of aryl methyl sites for hydroxylation is 1. The molecule has 0 heterocycles. The molecule has 1 atom stereocenters. The van der Waals surface area contributed by atoms with E-state index in [1.165, 1.54) is 14.2 Å². The van der Waals surface area contributed by atoms with Crippen LogP contribution < -0.4 is 24.8 Å². The van der Waals surface area contributed by atoms with Crippen molar-refractivity contribution in [3.8, 4) is 17.2 Å². The number of benzene rings is 2. The highest BCUT2D eigenvalue weighted by Crippen LogP contribution is 2.36. The maximum Gasteiger partial charge on any atom is 0.313 e. The van der Waals surface area contributed by atoms with Gasteiger partial charge in [-0.05, 0) is 54.7 Å². The van der Waals surface area contributed by atoms with Crippen LogP contribution in [-0.4, -0.2) is 44.8 Å². The molecule has 3 N–H and O–H groups in total. The first-order valence-corrected chi connectivity index (χ1v) is 9.61. The van der Waals surface area contributed by atoms with Gasteiger partial charge in [-0.3, -0.25) is 9.59 Å². The minimum Gasteiger partial charge on any atom is -0.497 e. The highest BCUT2D eigenvalue weighted by atomic mass is 16.5. The zero-order valence-electron chi connectivity index (χ0n) is 17.3. The van der Waals surface area contributed by atoms with Gasteiger partial charge in [0, 0.05) is 11.8 Å². The van der Waals surface area contributed by atoms with Crippen LogP contribution in [-0.2, 0) is 21.6 Å². The number of carbonyl (C=O) groups excluding carboxylic acids is 2. The molecule has 30 heavy (non-hydrogen) atoms. The Bertz CT molecular complexity index is 945. The predicted octanol–water partition coefficient (Wildman–Crippen LogP) is 1.99. The van der Waals surface area contributed by atoms with Crippen LogP contribution in [0.15, 0.2) is 36.4 Å². The molecule has 8 heteroatoms. The minimum absolute atomic E-state index is 0.0650. The highest BCUT2D eigenvalue weighted by molar-refractivity contribution is 6.39. The van der Waals surface area contributed by atoms with Crippen LogP contribution in [0.25, 0.3) is 0 Å². The second-order valence-corrected chi connectivity index (χ2v) is 7.11. The fraction of sp³-hybridized carbons (Fsp3) is 0.364. The summed E-state index contributed by atoms with van der Waals surface area (Å²) in [7, 11) is 4.58. The van der Waals surface area contributed by atoms with E-state index in [2.05, 4.69) is 10.6 Å². The van der Waals surface area contributed by atoms with E-state index in [0.717, 1.165) is 29.7 Å². The Morgan fingerprint density at radius 2 is 1.77 bits per heavy atom. The quantitative estimate of drug-likeness (QED) is 0.625. The Labute approximate surface area is 175 Å². The molecule has 0 aromatic heterocycles. The van der Waals surface area contributed by atoms with Gasteiger partial charge < -0.3 is 30.0 Å². The molecule has 0 radical (unpaired) electrons. The zero-order chi connectivity index (χ0) is 21.7.